The van der Waals surface area contributed by atoms with E-state index in [9.17, 15) is 9.18 Å². The van der Waals surface area contributed by atoms with Gasteiger partial charge in [-0.2, -0.15) is 0 Å². The predicted octanol–water partition coefficient (Wildman–Crippen LogP) is 2.33. The van der Waals surface area contributed by atoms with Crippen LogP contribution < -0.4 is 5.48 Å². The van der Waals surface area contributed by atoms with Crippen molar-refractivity contribution in [2.75, 3.05) is 7.11 Å². The summed E-state index contributed by atoms with van der Waals surface area (Å²) in [7, 11) is 1.37. The Labute approximate surface area is 89.4 Å². The van der Waals surface area contributed by atoms with E-state index in [0.29, 0.717) is 4.88 Å². The minimum absolute atomic E-state index is 0.306. The Morgan fingerprint density at radius 2 is 2.27 bits per heavy atom. The zero-order valence-electron chi connectivity index (χ0n) is 7.91. The summed E-state index contributed by atoms with van der Waals surface area (Å²) in [5.74, 6) is -0.627. The van der Waals surface area contributed by atoms with E-state index < -0.39 is 0 Å². The standard InChI is InChI=1S/C10H8FNO2S/c1-14-12-10(13)9-5-6-4-7(11)2-3-8(6)15-9/h2-5H,1H3,(H,12,13). The first kappa shape index (κ1) is 10.1. The molecule has 0 bridgehead atoms. The van der Waals surface area contributed by atoms with Crippen LogP contribution in [0.1, 0.15) is 9.67 Å². The first-order chi connectivity index (χ1) is 7.20. The summed E-state index contributed by atoms with van der Waals surface area (Å²) in [5, 5.41) is 0.723. The van der Waals surface area contributed by atoms with Crippen molar-refractivity contribution in [2.45, 2.75) is 0 Å². The summed E-state index contributed by atoms with van der Waals surface area (Å²) in [4.78, 5) is 16.4. The molecule has 5 heteroatoms. The molecule has 0 aliphatic rings. The summed E-state index contributed by atoms with van der Waals surface area (Å²) >= 11 is 1.30. The Morgan fingerprint density at radius 1 is 1.47 bits per heavy atom. The number of fused-ring (bicyclic) bond motifs is 1. The number of rotatable bonds is 2. The summed E-state index contributed by atoms with van der Waals surface area (Å²) in [5.41, 5.74) is 2.22. The number of thiophene rings is 1. The Balaban J connectivity index is 2.42. The van der Waals surface area contributed by atoms with Crippen LogP contribution in [-0.4, -0.2) is 13.0 Å². The van der Waals surface area contributed by atoms with Gasteiger partial charge < -0.3 is 0 Å². The second-order valence-electron chi connectivity index (χ2n) is 2.93. The van der Waals surface area contributed by atoms with Gasteiger partial charge >= 0.3 is 0 Å². The Morgan fingerprint density at radius 3 is 3.00 bits per heavy atom. The molecule has 0 radical (unpaired) electrons. The third-order valence-corrected chi connectivity index (χ3v) is 3.01. The highest BCUT2D eigenvalue weighted by Gasteiger charge is 2.09. The lowest BCUT2D eigenvalue weighted by atomic mass is 10.2. The highest BCUT2D eigenvalue weighted by molar-refractivity contribution is 7.20. The third-order valence-electron chi connectivity index (χ3n) is 1.90. The monoisotopic (exact) mass is 225 g/mol. The summed E-state index contributed by atoms with van der Waals surface area (Å²) in [6, 6.07) is 6.06. The number of nitrogens with one attached hydrogen (secondary N) is 1. The van der Waals surface area contributed by atoms with Gasteiger partial charge in [-0.05, 0) is 29.7 Å². The fourth-order valence-electron chi connectivity index (χ4n) is 1.27. The SMILES string of the molecule is CONC(=O)c1cc2cc(F)ccc2s1. The molecule has 0 saturated heterocycles. The summed E-state index contributed by atoms with van der Waals surface area (Å²) in [6.45, 7) is 0. The highest BCUT2D eigenvalue weighted by Crippen LogP contribution is 2.26. The van der Waals surface area contributed by atoms with Gasteiger partial charge in [-0.15, -0.1) is 11.3 Å². The van der Waals surface area contributed by atoms with Gasteiger partial charge in [0.15, 0.2) is 0 Å². The molecule has 1 heterocycles. The van der Waals surface area contributed by atoms with Crippen molar-refractivity contribution < 1.29 is 14.0 Å². The Hall–Kier alpha value is -1.46. The minimum atomic E-state index is -0.320. The Bertz CT molecular complexity index is 509. The van der Waals surface area contributed by atoms with Gasteiger partial charge in [0.05, 0.1) is 12.0 Å². The molecule has 15 heavy (non-hydrogen) atoms. The summed E-state index contributed by atoms with van der Waals surface area (Å²) in [6.07, 6.45) is 0. The van der Waals surface area contributed by atoms with Gasteiger partial charge in [0.25, 0.3) is 5.91 Å². The van der Waals surface area contributed by atoms with E-state index in [0.717, 1.165) is 10.1 Å². The van der Waals surface area contributed by atoms with E-state index in [1.54, 1.807) is 12.1 Å². The number of carbonyl (C=O) groups is 1. The van der Waals surface area contributed by atoms with Gasteiger partial charge in [-0.1, -0.05) is 0 Å². The predicted molar refractivity (Wildman–Crippen MR) is 56.3 cm³/mol. The first-order valence-corrected chi connectivity index (χ1v) is 5.05. The van der Waals surface area contributed by atoms with Gasteiger partial charge in [0.1, 0.15) is 5.82 Å². The molecular formula is C10H8FNO2S. The van der Waals surface area contributed by atoms with Gasteiger partial charge in [-0.3, -0.25) is 9.63 Å². The minimum Gasteiger partial charge on any atom is -0.277 e. The fraction of sp³-hybridized carbons (Fsp3) is 0.100. The maximum absolute atomic E-state index is 12.9. The van der Waals surface area contributed by atoms with Crippen LogP contribution in [0.4, 0.5) is 4.39 Å². The van der Waals surface area contributed by atoms with Crippen molar-refractivity contribution in [2.24, 2.45) is 0 Å². The topological polar surface area (TPSA) is 38.3 Å². The maximum atomic E-state index is 12.9. The van der Waals surface area contributed by atoms with Gasteiger partial charge in [0.2, 0.25) is 0 Å². The normalized spacial score (nSPS) is 10.5. The van der Waals surface area contributed by atoms with Crippen LogP contribution in [0.15, 0.2) is 24.3 Å². The number of carbonyl (C=O) groups excluding carboxylic acids is 1. The molecule has 2 rings (SSSR count). The quantitative estimate of drug-likeness (QED) is 0.796. The largest absolute Gasteiger partial charge is 0.284 e. The van der Waals surface area contributed by atoms with E-state index in [1.165, 1.54) is 30.6 Å². The molecule has 3 nitrogen and oxygen atoms in total. The van der Waals surface area contributed by atoms with Crippen LogP contribution in [-0.2, 0) is 4.84 Å². The number of amides is 1. The van der Waals surface area contributed by atoms with Crippen molar-refractivity contribution in [3.05, 3.63) is 35.0 Å². The second kappa shape index (κ2) is 3.96. The maximum Gasteiger partial charge on any atom is 0.284 e. The number of hydroxylamine groups is 1. The first-order valence-electron chi connectivity index (χ1n) is 4.23. The zero-order chi connectivity index (χ0) is 10.8. The molecule has 1 N–H and O–H groups in total. The highest BCUT2D eigenvalue weighted by atomic mass is 32.1. The van der Waals surface area contributed by atoms with E-state index in [2.05, 4.69) is 10.3 Å². The van der Waals surface area contributed by atoms with Gasteiger partial charge in [0, 0.05) is 4.70 Å². The van der Waals surface area contributed by atoms with Crippen molar-refractivity contribution in [1.82, 2.24) is 5.48 Å². The van der Waals surface area contributed by atoms with Crippen molar-refractivity contribution >= 4 is 27.3 Å². The fourth-order valence-corrected chi connectivity index (χ4v) is 2.20. The molecule has 1 aromatic carbocycles. The zero-order valence-corrected chi connectivity index (χ0v) is 8.73. The van der Waals surface area contributed by atoms with Crippen LogP contribution in [0.3, 0.4) is 0 Å². The van der Waals surface area contributed by atoms with Gasteiger partial charge in [-0.25, -0.2) is 9.87 Å². The molecule has 1 aromatic heterocycles. The molecule has 0 atom stereocenters. The molecule has 0 aliphatic carbocycles. The lowest BCUT2D eigenvalue weighted by Gasteiger charge is -1.96. The van der Waals surface area contributed by atoms with Crippen LogP contribution >= 0.6 is 11.3 Å². The average molecular weight is 225 g/mol. The molecule has 0 fully saturated rings. The molecule has 0 unspecified atom stereocenters. The van der Waals surface area contributed by atoms with Crippen LogP contribution in [0.25, 0.3) is 10.1 Å². The lowest BCUT2D eigenvalue weighted by Crippen LogP contribution is -2.20. The molecule has 0 saturated carbocycles. The molecule has 0 spiro atoms. The summed E-state index contributed by atoms with van der Waals surface area (Å²) < 4.78 is 13.7. The van der Waals surface area contributed by atoms with E-state index in [1.807, 2.05) is 0 Å². The smallest absolute Gasteiger partial charge is 0.277 e. The lowest BCUT2D eigenvalue weighted by molar-refractivity contribution is 0.0542. The van der Waals surface area contributed by atoms with Crippen molar-refractivity contribution in [3.8, 4) is 0 Å². The second-order valence-corrected chi connectivity index (χ2v) is 4.01. The van der Waals surface area contributed by atoms with Crippen LogP contribution in [0.2, 0.25) is 0 Å². The van der Waals surface area contributed by atoms with Crippen molar-refractivity contribution in [1.29, 1.82) is 0 Å². The number of hydrogen-bond acceptors (Lipinski definition) is 3. The molecule has 1 amide bonds. The average Bonchev–Trinajstić information content (AvgIpc) is 2.60. The van der Waals surface area contributed by atoms with E-state index >= 15 is 0 Å². The number of benzene rings is 1. The number of halogens is 1. The molecule has 2 aromatic rings. The Kier molecular flexibility index (Phi) is 2.66. The number of hydrogen-bond donors (Lipinski definition) is 1. The van der Waals surface area contributed by atoms with Crippen molar-refractivity contribution in [3.63, 3.8) is 0 Å². The molecular weight excluding hydrogens is 217 g/mol. The van der Waals surface area contributed by atoms with Crippen LogP contribution in [0.5, 0.6) is 0 Å². The van der Waals surface area contributed by atoms with E-state index in [-0.39, 0.29) is 11.7 Å². The third kappa shape index (κ3) is 1.98. The van der Waals surface area contributed by atoms with Crippen LogP contribution in [0, 0.1) is 5.82 Å². The van der Waals surface area contributed by atoms with E-state index in [4.69, 9.17) is 0 Å². The molecule has 78 valence electrons. The molecule has 0 aliphatic heterocycles.